The Morgan fingerprint density at radius 3 is 2.60 bits per heavy atom. The van der Waals surface area contributed by atoms with E-state index in [2.05, 4.69) is 0 Å². The quantitative estimate of drug-likeness (QED) is 0.863. The largest absolute Gasteiger partial charge is 0.479 e. The van der Waals surface area contributed by atoms with Gasteiger partial charge >= 0.3 is 5.97 Å². The second-order valence-electron chi connectivity index (χ2n) is 4.85. The predicted octanol–water partition coefficient (Wildman–Crippen LogP) is 0.242. The third kappa shape index (κ3) is 2.98. The van der Waals surface area contributed by atoms with Crippen molar-refractivity contribution >= 4 is 21.7 Å². The predicted molar refractivity (Wildman–Crippen MR) is 71.9 cm³/mol. The zero-order valence-electron chi connectivity index (χ0n) is 10.9. The summed E-state index contributed by atoms with van der Waals surface area (Å²) in [5.74, 6) is -2.49. The lowest BCUT2D eigenvalue weighted by atomic mass is 9.92. The van der Waals surface area contributed by atoms with Crippen LogP contribution in [0.25, 0.3) is 0 Å². The number of nitrogens with zero attached hydrogens (tertiary/aromatic N) is 1. The maximum Gasteiger partial charge on any atom is 0.331 e. The summed E-state index contributed by atoms with van der Waals surface area (Å²) in [4.78, 5) is 24.6. The molecule has 7 heteroatoms. The van der Waals surface area contributed by atoms with E-state index >= 15 is 0 Å². The van der Waals surface area contributed by atoms with Gasteiger partial charge in [0.2, 0.25) is 5.91 Å². The Balaban J connectivity index is 2.36. The van der Waals surface area contributed by atoms with Gasteiger partial charge in [-0.1, -0.05) is 24.3 Å². The van der Waals surface area contributed by atoms with Crippen molar-refractivity contribution in [1.29, 1.82) is 0 Å². The lowest BCUT2D eigenvalue weighted by Gasteiger charge is -2.34. The summed E-state index contributed by atoms with van der Waals surface area (Å²) in [5.41, 5.74) is 1.43. The summed E-state index contributed by atoms with van der Waals surface area (Å²) in [5, 5.41) is 9.36. The minimum absolute atomic E-state index is 0.211. The number of carboxylic acids is 1. The minimum Gasteiger partial charge on any atom is -0.479 e. The Bertz CT molecular complexity index is 652. The lowest BCUT2D eigenvalue weighted by Crippen LogP contribution is -2.45. The van der Waals surface area contributed by atoms with Gasteiger partial charge in [-0.05, 0) is 17.5 Å². The molecule has 0 bridgehead atoms. The number of carbonyl (C=O) groups excluding carboxylic acids is 1. The van der Waals surface area contributed by atoms with E-state index in [-0.39, 0.29) is 6.54 Å². The first kappa shape index (κ1) is 14.5. The molecule has 1 N–H and O–H groups in total. The molecule has 108 valence electrons. The number of fused-ring (bicyclic) bond motifs is 1. The summed E-state index contributed by atoms with van der Waals surface area (Å²) >= 11 is 0. The van der Waals surface area contributed by atoms with E-state index in [1.54, 1.807) is 12.1 Å². The highest BCUT2D eigenvalue weighted by atomic mass is 32.2. The molecular weight excluding hydrogens is 282 g/mol. The fraction of sp³-hybridized carbons (Fsp3) is 0.385. The van der Waals surface area contributed by atoms with Crippen LogP contribution < -0.4 is 0 Å². The number of aliphatic carboxylic acids is 1. The zero-order valence-corrected chi connectivity index (χ0v) is 11.8. The number of hydrogen-bond acceptors (Lipinski definition) is 4. The van der Waals surface area contributed by atoms with Crippen molar-refractivity contribution in [3.63, 3.8) is 0 Å². The van der Waals surface area contributed by atoms with E-state index < -0.39 is 33.5 Å². The molecule has 0 aliphatic carbocycles. The molecule has 1 amide bonds. The van der Waals surface area contributed by atoms with Crippen molar-refractivity contribution in [2.75, 3.05) is 18.6 Å². The smallest absolute Gasteiger partial charge is 0.331 e. The van der Waals surface area contributed by atoms with Crippen LogP contribution in [0.2, 0.25) is 0 Å². The minimum atomic E-state index is -3.48. The molecule has 0 fully saturated rings. The van der Waals surface area contributed by atoms with Gasteiger partial charge in [-0.15, -0.1) is 0 Å². The van der Waals surface area contributed by atoms with Gasteiger partial charge in [-0.3, -0.25) is 4.79 Å². The molecule has 1 aromatic carbocycles. The summed E-state index contributed by atoms with van der Waals surface area (Å²) in [6, 6.07) is 5.89. The average Bonchev–Trinajstić information content (AvgIpc) is 2.35. The van der Waals surface area contributed by atoms with Crippen LogP contribution in [-0.4, -0.2) is 48.9 Å². The van der Waals surface area contributed by atoms with Crippen LogP contribution in [0.4, 0.5) is 0 Å². The second kappa shape index (κ2) is 5.24. The average molecular weight is 297 g/mol. The normalized spacial score (nSPS) is 18.4. The van der Waals surface area contributed by atoms with E-state index in [1.807, 2.05) is 12.1 Å². The highest BCUT2D eigenvalue weighted by Gasteiger charge is 2.36. The second-order valence-corrected chi connectivity index (χ2v) is 6.99. The first-order valence-electron chi connectivity index (χ1n) is 6.07. The maximum absolute atomic E-state index is 12.0. The molecule has 1 atom stereocenters. The van der Waals surface area contributed by atoms with E-state index in [9.17, 15) is 23.1 Å². The van der Waals surface area contributed by atoms with Crippen LogP contribution >= 0.6 is 0 Å². The van der Waals surface area contributed by atoms with Crippen molar-refractivity contribution < 1.29 is 23.1 Å². The summed E-state index contributed by atoms with van der Waals surface area (Å²) < 4.78 is 22.4. The van der Waals surface area contributed by atoms with Crippen molar-refractivity contribution in [3.8, 4) is 0 Å². The summed E-state index contributed by atoms with van der Waals surface area (Å²) in [6.45, 7) is 0.211. The van der Waals surface area contributed by atoms with Gasteiger partial charge in [-0.25, -0.2) is 13.2 Å². The molecule has 1 unspecified atom stereocenters. The molecule has 2 rings (SSSR count). The number of rotatable bonds is 3. The molecule has 0 radical (unpaired) electrons. The Kier molecular flexibility index (Phi) is 3.80. The monoisotopic (exact) mass is 297 g/mol. The van der Waals surface area contributed by atoms with Crippen molar-refractivity contribution in [2.24, 2.45) is 0 Å². The van der Waals surface area contributed by atoms with Gasteiger partial charge in [0.1, 0.15) is 5.75 Å². The summed E-state index contributed by atoms with van der Waals surface area (Å²) in [7, 11) is -3.48. The molecule has 20 heavy (non-hydrogen) atoms. The Hall–Kier alpha value is -1.89. The van der Waals surface area contributed by atoms with Crippen LogP contribution in [0.5, 0.6) is 0 Å². The van der Waals surface area contributed by atoms with Gasteiger partial charge in [0, 0.05) is 12.8 Å². The van der Waals surface area contributed by atoms with E-state index in [1.165, 1.54) is 0 Å². The van der Waals surface area contributed by atoms with Gasteiger partial charge in [-0.2, -0.15) is 0 Å². The number of benzene rings is 1. The number of sulfone groups is 1. The van der Waals surface area contributed by atoms with Crippen LogP contribution in [0, 0.1) is 0 Å². The Labute approximate surface area is 116 Å². The van der Waals surface area contributed by atoms with E-state index in [0.29, 0.717) is 12.0 Å². The van der Waals surface area contributed by atoms with Crippen molar-refractivity contribution in [2.45, 2.75) is 12.5 Å². The van der Waals surface area contributed by atoms with Gasteiger partial charge in [0.05, 0.1) is 0 Å². The molecule has 0 aromatic heterocycles. The molecule has 1 aliphatic heterocycles. The maximum atomic E-state index is 12.0. The topological polar surface area (TPSA) is 91.8 Å². The van der Waals surface area contributed by atoms with Gasteiger partial charge in [0.15, 0.2) is 15.9 Å². The van der Waals surface area contributed by atoms with Crippen LogP contribution in [-0.2, 0) is 25.8 Å². The highest BCUT2D eigenvalue weighted by molar-refractivity contribution is 7.91. The van der Waals surface area contributed by atoms with Crippen LogP contribution in [0.1, 0.15) is 17.2 Å². The van der Waals surface area contributed by atoms with Gasteiger partial charge in [0.25, 0.3) is 0 Å². The fourth-order valence-corrected chi connectivity index (χ4v) is 3.02. The zero-order chi connectivity index (χ0) is 14.9. The van der Waals surface area contributed by atoms with Crippen LogP contribution in [0.15, 0.2) is 24.3 Å². The first-order valence-corrected chi connectivity index (χ1v) is 8.13. The number of carboxylic acid groups (broad SMARTS) is 1. The molecule has 1 heterocycles. The number of carbonyl (C=O) groups is 2. The molecule has 6 nitrogen and oxygen atoms in total. The number of hydrogen-bond donors (Lipinski definition) is 1. The van der Waals surface area contributed by atoms with Crippen molar-refractivity contribution in [1.82, 2.24) is 4.90 Å². The third-order valence-electron chi connectivity index (χ3n) is 3.22. The molecule has 0 saturated carbocycles. The molecule has 0 spiro atoms. The SMILES string of the molecule is CS(=O)(=O)CC(=O)N1CCc2ccccc2C1C(=O)O. The standard InChI is InChI=1S/C13H15NO5S/c1-20(18,19)8-11(15)14-7-6-9-4-2-3-5-10(9)12(14)13(16)17/h2-5,12H,6-8H2,1H3,(H,16,17). The molecule has 0 saturated heterocycles. The first-order chi connectivity index (χ1) is 9.29. The highest BCUT2D eigenvalue weighted by Crippen LogP contribution is 2.30. The summed E-state index contributed by atoms with van der Waals surface area (Å²) in [6.07, 6.45) is 1.48. The van der Waals surface area contributed by atoms with Gasteiger partial charge < -0.3 is 10.0 Å². The molecular formula is C13H15NO5S. The third-order valence-corrected chi connectivity index (χ3v) is 3.99. The Morgan fingerprint density at radius 2 is 2.00 bits per heavy atom. The van der Waals surface area contributed by atoms with Crippen LogP contribution in [0.3, 0.4) is 0 Å². The fourth-order valence-electron chi connectivity index (χ4n) is 2.41. The number of amides is 1. The van der Waals surface area contributed by atoms with Crippen molar-refractivity contribution in [3.05, 3.63) is 35.4 Å². The van der Waals surface area contributed by atoms with E-state index in [4.69, 9.17) is 0 Å². The van der Waals surface area contributed by atoms with E-state index in [0.717, 1.165) is 16.7 Å². The lowest BCUT2D eigenvalue weighted by molar-refractivity contribution is -0.150. The Morgan fingerprint density at radius 1 is 1.35 bits per heavy atom. The molecule has 1 aliphatic rings. The molecule has 1 aromatic rings.